The van der Waals surface area contributed by atoms with Gasteiger partial charge in [-0.1, -0.05) is 68.3 Å². The number of benzene rings is 1. The summed E-state index contributed by atoms with van der Waals surface area (Å²) < 4.78 is 6.07. The smallest absolute Gasteiger partial charge is 0.338 e. The van der Waals surface area contributed by atoms with Gasteiger partial charge in [0.1, 0.15) is 0 Å². The van der Waals surface area contributed by atoms with Gasteiger partial charge in [-0.2, -0.15) is 9.06 Å². The van der Waals surface area contributed by atoms with Crippen LogP contribution in [0.3, 0.4) is 0 Å². The summed E-state index contributed by atoms with van der Waals surface area (Å²) in [6, 6.07) is 5.92. The second kappa shape index (κ2) is 8.82. The van der Waals surface area contributed by atoms with Crippen LogP contribution in [0.5, 0.6) is 0 Å². The quantitative estimate of drug-likeness (QED) is 0.364. The predicted molar refractivity (Wildman–Crippen MR) is 109 cm³/mol. The minimum absolute atomic E-state index is 0.255. The van der Waals surface area contributed by atoms with Crippen molar-refractivity contribution in [2.24, 2.45) is 0 Å². The molecule has 0 heterocycles. The van der Waals surface area contributed by atoms with Crippen LogP contribution >= 0.6 is 35.8 Å². The van der Waals surface area contributed by atoms with E-state index in [9.17, 15) is 4.79 Å². The monoisotopic (exact) mass is 420 g/mol. The Morgan fingerprint density at radius 3 is 2.04 bits per heavy atom. The molecule has 0 atom stereocenters. The summed E-state index contributed by atoms with van der Waals surface area (Å²) in [6.07, 6.45) is 0. The van der Waals surface area contributed by atoms with E-state index in [0.29, 0.717) is 27.9 Å². The third kappa shape index (κ3) is 4.93. The Morgan fingerprint density at radius 1 is 1.09 bits per heavy atom. The van der Waals surface area contributed by atoms with Crippen LogP contribution in [0.1, 0.15) is 58.8 Å². The van der Waals surface area contributed by atoms with Gasteiger partial charge in [0.05, 0.1) is 12.2 Å². The number of ether oxygens (including phenoxy) is 1. The molecular formula is C18H29BrO2S2. The molecule has 0 aliphatic rings. The maximum atomic E-state index is 12.1. The van der Waals surface area contributed by atoms with Crippen molar-refractivity contribution in [2.75, 3.05) is 6.61 Å². The van der Waals surface area contributed by atoms with Crippen LogP contribution in [-0.2, 0) is 4.74 Å². The van der Waals surface area contributed by atoms with Crippen molar-refractivity contribution >= 4 is 41.8 Å². The third-order valence-corrected chi connectivity index (χ3v) is 14.3. The van der Waals surface area contributed by atoms with E-state index in [1.807, 2.05) is 29.9 Å². The van der Waals surface area contributed by atoms with Gasteiger partial charge in [0, 0.05) is 9.37 Å². The molecule has 0 N–H and O–H groups in total. The normalized spacial score (nSPS) is 13.0. The first-order chi connectivity index (χ1) is 10.6. The highest BCUT2D eigenvalue weighted by Gasteiger charge is 2.36. The van der Waals surface area contributed by atoms with E-state index in [2.05, 4.69) is 63.5 Å². The minimum Gasteiger partial charge on any atom is -0.462 e. The van der Waals surface area contributed by atoms with Crippen molar-refractivity contribution in [2.45, 2.75) is 69.1 Å². The van der Waals surface area contributed by atoms with E-state index in [1.54, 1.807) is 0 Å². The molecule has 0 aliphatic heterocycles. The summed E-state index contributed by atoms with van der Waals surface area (Å²) in [6.45, 7) is 16.2. The Labute approximate surface area is 155 Å². The van der Waals surface area contributed by atoms with Gasteiger partial charge in [-0.25, -0.2) is 4.79 Å². The van der Waals surface area contributed by atoms with E-state index in [1.165, 1.54) is 0 Å². The molecule has 2 nitrogen and oxygen atoms in total. The lowest BCUT2D eigenvalue weighted by atomic mass is 10.2. The highest BCUT2D eigenvalue weighted by atomic mass is 79.9. The zero-order valence-corrected chi connectivity index (χ0v) is 18.4. The van der Waals surface area contributed by atoms with Crippen molar-refractivity contribution in [3.8, 4) is 0 Å². The maximum absolute atomic E-state index is 12.1. The molecule has 0 radical (unpaired) electrons. The van der Waals surface area contributed by atoms with Crippen LogP contribution in [0, 0.1) is 0 Å². The number of esters is 1. The van der Waals surface area contributed by atoms with Crippen molar-refractivity contribution in [1.29, 1.82) is 0 Å². The highest BCUT2D eigenvalue weighted by Crippen LogP contribution is 2.72. The van der Waals surface area contributed by atoms with Gasteiger partial charge in [-0.05, 0) is 40.9 Å². The van der Waals surface area contributed by atoms with Crippen molar-refractivity contribution in [1.82, 2.24) is 0 Å². The summed E-state index contributed by atoms with van der Waals surface area (Å²) in [5, 5.41) is 1.83. The molecule has 0 saturated heterocycles. The minimum atomic E-state index is -0.927. The molecule has 0 spiro atoms. The fourth-order valence-corrected chi connectivity index (χ4v) is 11.2. The fraction of sp³-hybridized carbons (Fsp3) is 0.611. The van der Waals surface area contributed by atoms with Gasteiger partial charge >= 0.3 is 5.97 Å². The van der Waals surface area contributed by atoms with Gasteiger partial charge in [-0.15, -0.1) is 0 Å². The van der Waals surface area contributed by atoms with E-state index in [0.717, 1.165) is 9.37 Å². The zero-order valence-electron chi connectivity index (χ0n) is 15.2. The first kappa shape index (κ1) is 20.9. The lowest BCUT2D eigenvalue weighted by Crippen LogP contribution is -2.25. The molecule has 0 bridgehead atoms. The van der Waals surface area contributed by atoms with Crippen LogP contribution in [0.2, 0.25) is 0 Å². The second-order valence-corrected chi connectivity index (χ2v) is 14.3. The number of halogens is 1. The van der Waals surface area contributed by atoms with E-state index in [-0.39, 0.29) is 5.97 Å². The maximum Gasteiger partial charge on any atom is 0.338 e. The van der Waals surface area contributed by atoms with Gasteiger partial charge in [0.25, 0.3) is 0 Å². The van der Waals surface area contributed by atoms with Crippen LogP contribution in [-0.4, -0.2) is 28.3 Å². The van der Waals surface area contributed by atoms with Crippen molar-refractivity contribution < 1.29 is 9.53 Å². The second-order valence-electron chi connectivity index (χ2n) is 6.32. The standard InChI is InChI=1S/C18H29BrO2S2/c1-8-21-18(20)15-9-16(19)11-17(10-15)22-23(12(2)3,13(4)5)14(6)7/h9-14H,8H2,1-7H3. The Hall–Kier alpha value is -0.130. The molecule has 0 aliphatic carbocycles. The zero-order chi connectivity index (χ0) is 17.8. The lowest BCUT2D eigenvalue weighted by Gasteiger charge is -2.50. The SMILES string of the molecule is CCOC(=O)c1cc(Br)cc(SS(C(C)C)(C(C)C)C(C)C)c1. The van der Waals surface area contributed by atoms with E-state index < -0.39 is 9.06 Å². The van der Waals surface area contributed by atoms with Gasteiger partial charge in [-0.3, -0.25) is 0 Å². The molecule has 5 heteroatoms. The molecule has 1 rings (SSSR count). The number of carbonyl (C=O) groups excluding carboxylic acids is 1. The Morgan fingerprint density at radius 2 is 1.61 bits per heavy atom. The molecule has 132 valence electrons. The number of hydrogen-bond donors (Lipinski definition) is 0. The molecular weight excluding hydrogens is 392 g/mol. The average molecular weight is 421 g/mol. The highest BCUT2D eigenvalue weighted by molar-refractivity contribution is 9.10. The van der Waals surface area contributed by atoms with Crippen LogP contribution < -0.4 is 0 Å². The van der Waals surface area contributed by atoms with Crippen LogP contribution in [0.25, 0.3) is 0 Å². The molecule has 23 heavy (non-hydrogen) atoms. The topological polar surface area (TPSA) is 26.3 Å². The summed E-state index contributed by atoms with van der Waals surface area (Å²) in [4.78, 5) is 13.2. The van der Waals surface area contributed by atoms with Gasteiger partial charge in [0.15, 0.2) is 0 Å². The van der Waals surface area contributed by atoms with Gasteiger partial charge < -0.3 is 4.74 Å². The first-order valence-corrected chi connectivity index (χ1v) is 12.1. The summed E-state index contributed by atoms with van der Waals surface area (Å²) in [7, 11) is 1.04. The Balaban J connectivity index is 3.26. The number of carbonyl (C=O) groups is 1. The van der Waals surface area contributed by atoms with Gasteiger partial charge in [0.2, 0.25) is 0 Å². The largest absolute Gasteiger partial charge is 0.462 e. The summed E-state index contributed by atoms with van der Waals surface area (Å²) in [5.41, 5.74) is 0.619. The van der Waals surface area contributed by atoms with E-state index in [4.69, 9.17) is 4.74 Å². The Kier molecular flexibility index (Phi) is 8.02. The third-order valence-electron chi connectivity index (χ3n) is 3.83. The summed E-state index contributed by atoms with van der Waals surface area (Å²) >= 11 is 3.54. The molecule has 0 amide bonds. The van der Waals surface area contributed by atoms with Crippen molar-refractivity contribution in [3.05, 3.63) is 28.2 Å². The molecule has 0 fully saturated rings. The molecule has 1 aromatic carbocycles. The summed E-state index contributed by atoms with van der Waals surface area (Å²) in [5.74, 6) is -0.255. The molecule has 0 saturated carbocycles. The van der Waals surface area contributed by atoms with Crippen molar-refractivity contribution in [3.63, 3.8) is 0 Å². The molecule has 0 unspecified atom stereocenters. The van der Waals surface area contributed by atoms with Crippen LogP contribution in [0.15, 0.2) is 27.6 Å². The predicted octanol–water partition coefficient (Wildman–Crippen LogP) is 6.66. The van der Waals surface area contributed by atoms with Crippen LogP contribution in [0.4, 0.5) is 0 Å². The fourth-order valence-electron chi connectivity index (χ4n) is 3.03. The van der Waals surface area contributed by atoms with E-state index >= 15 is 0 Å². The molecule has 0 aromatic heterocycles. The number of hydrogen-bond acceptors (Lipinski definition) is 3. The Bertz CT molecular complexity index is 520. The molecule has 1 aromatic rings. The average Bonchev–Trinajstić information content (AvgIpc) is 2.43. The lowest BCUT2D eigenvalue weighted by molar-refractivity contribution is 0.0526. The number of rotatable bonds is 7. The first-order valence-electron chi connectivity index (χ1n) is 8.12.